The summed E-state index contributed by atoms with van der Waals surface area (Å²) in [5.41, 5.74) is 0.282. The summed E-state index contributed by atoms with van der Waals surface area (Å²) in [6, 6.07) is 0. The van der Waals surface area contributed by atoms with Crippen molar-refractivity contribution in [2.24, 2.45) is 0 Å². The van der Waals surface area contributed by atoms with Gasteiger partial charge in [-0.25, -0.2) is 0 Å². The highest BCUT2D eigenvalue weighted by molar-refractivity contribution is 5.79. The number of rotatable bonds is 0. The molecule has 0 atom stereocenters. The van der Waals surface area contributed by atoms with Crippen LogP contribution in [0.25, 0.3) is 0 Å². The van der Waals surface area contributed by atoms with Crippen LogP contribution >= 0.6 is 0 Å². The van der Waals surface area contributed by atoms with E-state index in [4.69, 9.17) is 0 Å². The van der Waals surface area contributed by atoms with E-state index >= 15 is 0 Å². The predicted molar refractivity (Wildman–Crippen MR) is 56.1 cm³/mol. The Kier molecular flexibility index (Phi) is 2.77. The van der Waals surface area contributed by atoms with Crippen LogP contribution < -0.4 is 5.32 Å². The summed E-state index contributed by atoms with van der Waals surface area (Å²) in [5, 5.41) is 3.02. The summed E-state index contributed by atoms with van der Waals surface area (Å²) >= 11 is 0. The Hall–Kier alpha value is -0.570. The standard InChI is InChI=1S/C11H20N2O/c1-13-8-10(14)12-9-11(13)6-4-2-3-5-7-11/h2-9H2,1H3,(H,12,14). The lowest BCUT2D eigenvalue weighted by molar-refractivity contribution is -0.127. The molecule has 3 nitrogen and oxygen atoms in total. The zero-order chi connectivity index (χ0) is 10.0. The molecule has 0 bridgehead atoms. The van der Waals surface area contributed by atoms with Crippen LogP contribution in [0.3, 0.4) is 0 Å². The molecule has 1 heterocycles. The molecule has 1 saturated carbocycles. The molecular formula is C11H20N2O. The second-order valence-corrected chi connectivity index (χ2v) is 4.77. The zero-order valence-corrected chi connectivity index (χ0v) is 9.01. The van der Waals surface area contributed by atoms with E-state index < -0.39 is 0 Å². The first-order valence-electron chi connectivity index (χ1n) is 5.71. The number of hydrogen-bond donors (Lipinski definition) is 1. The third-order valence-corrected chi connectivity index (χ3v) is 3.84. The Morgan fingerprint density at radius 2 is 1.86 bits per heavy atom. The average molecular weight is 196 g/mol. The van der Waals surface area contributed by atoms with E-state index in [0.717, 1.165) is 6.54 Å². The first-order valence-corrected chi connectivity index (χ1v) is 5.71. The number of carbonyl (C=O) groups is 1. The minimum atomic E-state index is 0.183. The van der Waals surface area contributed by atoms with E-state index in [2.05, 4.69) is 17.3 Å². The van der Waals surface area contributed by atoms with Crippen molar-refractivity contribution in [1.82, 2.24) is 10.2 Å². The minimum Gasteiger partial charge on any atom is -0.353 e. The first-order chi connectivity index (χ1) is 6.73. The Balaban J connectivity index is 2.08. The van der Waals surface area contributed by atoms with Gasteiger partial charge in [0, 0.05) is 12.1 Å². The fraction of sp³-hybridized carbons (Fsp3) is 0.909. The van der Waals surface area contributed by atoms with E-state index in [1.165, 1.54) is 38.5 Å². The Labute approximate surface area is 85.8 Å². The lowest BCUT2D eigenvalue weighted by Crippen LogP contribution is -2.61. The van der Waals surface area contributed by atoms with Gasteiger partial charge in [-0.1, -0.05) is 25.7 Å². The summed E-state index contributed by atoms with van der Waals surface area (Å²) in [4.78, 5) is 13.5. The van der Waals surface area contributed by atoms with Crippen molar-refractivity contribution >= 4 is 5.91 Å². The van der Waals surface area contributed by atoms with Gasteiger partial charge < -0.3 is 5.32 Å². The van der Waals surface area contributed by atoms with Crippen LogP contribution in [-0.4, -0.2) is 36.5 Å². The highest BCUT2D eigenvalue weighted by Crippen LogP contribution is 2.32. The molecule has 0 unspecified atom stereocenters. The number of nitrogens with zero attached hydrogens (tertiary/aromatic N) is 1. The first kappa shape index (κ1) is 9.97. The molecule has 1 spiro atoms. The van der Waals surface area contributed by atoms with Gasteiger partial charge in [0.15, 0.2) is 0 Å². The third kappa shape index (κ3) is 1.78. The molecular weight excluding hydrogens is 176 g/mol. The maximum atomic E-state index is 11.2. The van der Waals surface area contributed by atoms with Crippen molar-refractivity contribution in [2.45, 2.75) is 44.1 Å². The molecule has 1 aliphatic heterocycles. The Morgan fingerprint density at radius 1 is 1.21 bits per heavy atom. The highest BCUT2D eigenvalue weighted by atomic mass is 16.2. The maximum Gasteiger partial charge on any atom is 0.234 e. The molecule has 3 heteroatoms. The zero-order valence-electron chi connectivity index (χ0n) is 9.01. The second kappa shape index (κ2) is 3.89. The molecule has 2 fully saturated rings. The summed E-state index contributed by atoms with van der Waals surface area (Å²) in [6.45, 7) is 1.45. The van der Waals surface area contributed by atoms with Gasteiger partial charge in [-0.05, 0) is 19.9 Å². The molecule has 80 valence electrons. The molecule has 1 aliphatic carbocycles. The largest absolute Gasteiger partial charge is 0.353 e. The van der Waals surface area contributed by atoms with Gasteiger partial charge in [0.2, 0.25) is 5.91 Å². The van der Waals surface area contributed by atoms with Crippen LogP contribution in [0.5, 0.6) is 0 Å². The van der Waals surface area contributed by atoms with E-state index in [1.54, 1.807) is 0 Å². The van der Waals surface area contributed by atoms with Gasteiger partial charge in [-0.3, -0.25) is 9.69 Å². The van der Waals surface area contributed by atoms with Crippen molar-refractivity contribution in [1.29, 1.82) is 0 Å². The Morgan fingerprint density at radius 3 is 2.43 bits per heavy atom. The molecule has 1 N–H and O–H groups in total. The minimum absolute atomic E-state index is 0.183. The van der Waals surface area contributed by atoms with Crippen LogP contribution in [0.2, 0.25) is 0 Å². The number of nitrogens with one attached hydrogen (secondary N) is 1. The number of likely N-dealkylation sites (N-methyl/N-ethyl adjacent to an activating group) is 1. The average Bonchev–Trinajstić information content (AvgIpc) is 2.39. The quantitative estimate of drug-likeness (QED) is 0.630. The SMILES string of the molecule is CN1CC(=O)NCC12CCCCCC2. The maximum absolute atomic E-state index is 11.2. The molecule has 14 heavy (non-hydrogen) atoms. The topological polar surface area (TPSA) is 32.3 Å². The van der Waals surface area contributed by atoms with Gasteiger partial charge in [0.25, 0.3) is 0 Å². The van der Waals surface area contributed by atoms with E-state index in [0.29, 0.717) is 6.54 Å². The van der Waals surface area contributed by atoms with E-state index in [9.17, 15) is 4.79 Å². The van der Waals surface area contributed by atoms with Gasteiger partial charge in [-0.15, -0.1) is 0 Å². The van der Waals surface area contributed by atoms with Gasteiger partial charge in [0.1, 0.15) is 0 Å². The van der Waals surface area contributed by atoms with Crippen molar-refractivity contribution in [2.75, 3.05) is 20.1 Å². The smallest absolute Gasteiger partial charge is 0.234 e. The highest BCUT2D eigenvalue weighted by Gasteiger charge is 2.38. The number of amides is 1. The molecule has 1 amide bonds. The fourth-order valence-corrected chi connectivity index (χ4v) is 2.78. The van der Waals surface area contributed by atoms with Crippen molar-refractivity contribution in [3.8, 4) is 0 Å². The third-order valence-electron chi connectivity index (χ3n) is 3.84. The number of hydrogen-bond acceptors (Lipinski definition) is 2. The molecule has 0 aromatic heterocycles. The lowest BCUT2D eigenvalue weighted by atomic mass is 9.87. The van der Waals surface area contributed by atoms with Crippen LogP contribution in [0.1, 0.15) is 38.5 Å². The van der Waals surface area contributed by atoms with Crippen LogP contribution in [0.4, 0.5) is 0 Å². The van der Waals surface area contributed by atoms with Crippen molar-refractivity contribution in [3.63, 3.8) is 0 Å². The van der Waals surface area contributed by atoms with Gasteiger partial charge in [-0.2, -0.15) is 0 Å². The van der Waals surface area contributed by atoms with Gasteiger partial charge >= 0.3 is 0 Å². The number of piperazine rings is 1. The van der Waals surface area contributed by atoms with Crippen LogP contribution in [0, 0.1) is 0 Å². The summed E-state index contributed by atoms with van der Waals surface area (Å²) < 4.78 is 0. The summed E-state index contributed by atoms with van der Waals surface area (Å²) in [7, 11) is 2.10. The predicted octanol–water partition coefficient (Wildman–Crippen LogP) is 1.14. The van der Waals surface area contributed by atoms with E-state index in [-0.39, 0.29) is 11.4 Å². The lowest BCUT2D eigenvalue weighted by Gasteiger charge is -2.44. The second-order valence-electron chi connectivity index (χ2n) is 4.77. The molecule has 0 radical (unpaired) electrons. The molecule has 2 rings (SSSR count). The molecule has 0 aromatic rings. The number of carbonyl (C=O) groups excluding carboxylic acids is 1. The monoisotopic (exact) mass is 196 g/mol. The normalized spacial score (nSPS) is 28.5. The van der Waals surface area contributed by atoms with Gasteiger partial charge in [0.05, 0.1) is 6.54 Å². The van der Waals surface area contributed by atoms with Crippen LogP contribution in [0.15, 0.2) is 0 Å². The molecule has 2 aliphatic rings. The Bertz CT molecular complexity index is 219. The fourth-order valence-electron chi connectivity index (χ4n) is 2.78. The molecule has 1 saturated heterocycles. The van der Waals surface area contributed by atoms with Crippen molar-refractivity contribution in [3.05, 3.63) is 0 Å². The summed E-state index contributed by atoms with van der Waals surface area (Å²) in [6.07, 6.45) is 7.88. The summed E-state index contributed by atoms with van der Waals surface area (Å²) in [5.74, 6) is 0.183. The van der Waals surface area contributed by atoms with E-state index in [1.807, 2.05) is 0 Å². The molecule has 0 aromatic carbocycles. The van der Waals surface area contributed by atoms with Crippen molar-refractivity contribution < 1.29 is 4.79 Å². The van der Waals surface area contributed by atoms with Crippen LogP contribution in [-0.2, 0) is 4.79 Å².